The minimum atomic E-state index is 0.520. The molecule has 3 rings (SSSR count). The number of thiophene rings is 1. The van der Waals surface area contributed by atoms with Crippen LogP contribution in [0.5, 0.6) is 5.75 Å². The van der Waals surface area contributed by atoms with Gasteiger partial charge in [-0.3, -0.25) is 0 Å². The Bertz CT molecular complexity index is 916. The second-order valence-corrected chi connectivity index (χ2v) is 5.99. The number of ether oxygens (including phenoxy) is 1. The standard InChI is InChI=1S/C18H18N4OS/c1-12(19)20-10-13(14-7-8-24-11-14)3-6-18-21-16-5-4-15(23-2)9-17(16)22-18/h3-11H,1-2H3,(H2,19,20)(H,21,22)/b6-3+,13-10+. The molecular formula is C18H18N4OS. The first-order valence-electron chi connectivity index (χ1n) is 7.40. The number of aromatic amines is 1. The molecule has 5 nitrogen and oxygen atoms in total. The third kappa shape index (κ3) is 3.72. The normalized spacial score (nSPS) is 13.1. The molecule has 2 aromatic heterocycles. The molecule has 3 aromatic rings. The van der Waals surface area contributed by atoms with E-state index in [1.807, 2.05) is 41.8 Å². The first kappa shape index (κ1) is 16.0. The molecular weight excluding hydrogens is 320 g/mol. The number of nitrogens with zero attached hydrogens (tertiary/aromatic N) is 2. The predicted octanol–water partition coefficient (Wildman–Crippen LogP) is 4.06. The predicted molar refractivity (Wildman–Crippen MR) is 101 cm³/mol. The number of aromatic nitrogens is 2. The molecule has 0 radical (unpaired) electrons. The molecule has 122 valence electrons. The summed E-state index contributed by atoms with van der Waals surface area (Å²) in [6, 6.07) is 7.80. The number of allylic oxidation sites excluding steroid dienone is 2. The summed E-state index contributed by atoms with van der Waals surface area (Å²) >= 11 is 1.64. The highest BCUT2D eigenvalue weighted by Gasteiger charge is 2.03. The zero-order valence-electron chi connectivity index (χ0n) is 13.5. The summed E-state index contributed by atoms with van der Waals surface area (Å²) in [5.74, 6) is 2.09. The number of aliphatic imine (C=N–C) groups is 1. The molecule has 0 atom stereocenters. The summed E-state index contributed by atoms with van der Waals surface area (Å²) in [6.07, 6.45) is 5.67. The number of methoxy groups -OCH3 is 1. The van der Waals surface area contributed by atoms with Crippen LogP contribution in [0.1, 0.15) is 18.3 Å². The molecule has 0 aliphatic heterocycles. The van der Waals surface area contributed by atoms with Gasteiger partial charge in [-0.15, -0.1) is 0 Å². The second-order valence-electron chi connectivity index (χ2n) is 5.21. The Kier molecular flexibility index (Phi) is 4.77. The van der Waals surface area contributed by atoms with E-state index in [0.717, 1.165) is 33.7 Å². The molecule has 0 aliphatic rings. The number of rotatable bonds is 5. The van der Waals surface area contributed by atoms with Gasteiger partial charge in [-0.25, -0.2) is 9.98 Å². The number of nitrogens with two attached hydrogens (primary N) is 1. The Morgan fingerprint density at radius 1 is 1.38 bits per heavy atom. The van der Waals surface area contributed by atoms with E-state index in [0.29, 0.717) is 5.84 Å². The van der Waals surface area contributed by atoms with E-state index in [1.54, 1.807) is 31.6 Å². The summed E-state index contributed by atoms with van der Waals surface area (Å²) in [5.41, 5.74) is 9.53. The molecule has 0 unspecified atom stereocenters. The van der Waals surface area contributed by atoms with E-state index in [1.165, 1.54) is 0 Å². The number of nitrogens with one attached hydrogen (secondary N) is 1. The smallest absolute Gasteiger partial charge is 0.131 e. The molecule has 0 spiro atoms. The number of fused-ring (bicyclic) bond motifs is 1. The molecule has 0 bridgehead atoms. The van der Waals surface area contributed by atoms with Crippen molar-refractivity contribution in [1.29, 1.82) is 0 Å². The SMILES string of the molecule is COc1ccc2nc(/C=C/C(=C\N=C(C)N)c3ccsc3)[nH]c2c1. The second kappa shape index (κ2) is 7.14. The number of amidine groups is 1. The Morgan fingerprint density at radius 3 is 2.96 bits per heavy atom. The Morgan fingerprint density at radius 2 is 2.25 bits per heavy atom. The van der Waals surface area contributed by atoms with Crippen LogP contribution < -0.4 is 10.5 Å². The molecule has 24 heavy (non-hydrogen) atoms. The summed E-state index contributed by atoms with van der Waals surface area (Å²) in [4.78, 5) is 12.0. The van der Waals surface area contributed by atoms with Crippen molar-refractivity contribution in [2.45, 2.75) is 6.92 Å². The summed E-state index contributed by atoms with van der Waals surface area (Å²) in [5, 5.41) is 4.10. The molecule has 2 heterocycles. The minimum absolute atomic E-state index is 0.520. The van der Waals surface area contributed by atoms with Crippen molar-refractivity contribution in [1.82, 2.24) is 9.97 Å². The number of imidazole rings is 1. The molecule has 0 saturated carbocycles. The number of hydrogen-bond donors (Lipinski definition) is 2. The lowest BCUT2D eigenvalue weighted by atomic mass is 10.1. The Balaban J connectivity index is 1.92. The Labute approximate surface area is 144 Å². The van der Waals surface area contributed by atoms with Crippen LogP contribution in [0.15, 0.2) is 52.3 Å². The summed E-state index contributed by atoms with van der Waals surface area (Å²) in [7, 11) is 1.65. The van der Waals surface area contributed by atoms with E-state index in [4.69, 9.17) is 10.5 Å². The van der Waals surface area contributed by atoms with Crippen molar-refractivity contribution in [3.63, 3.8) is 0 Å². The number of benzene rings is 1. The highest BCUT2D eigenvalue weighted by molar-refractivity contribution is 7.08. The quantitative estimate of drug-likeness (QED) is 0.418. The third-order valence-corrected chi connectivity index (χ3v) is 4.07. The highest BCUT2D eigenvalue weighted by atomic mass is 32.1. The first-order chi connectivity index (χ1) is 11.7. The van der Waals surface area contributed by atoms with Crippen molar-refractivity contribution in [3.8, 4) is 5.75 Å². The highest BCUT2D eigenvalue weighted by Crippen LogP contribution is 2.22. The zero-order chi connectivity index (χ0) is 16.9. The molecule has 0 aliphatic carbocycles. The van der Waals surface area contributed by atoms with E-state index in [9.17, 15) is 0 Å². The van der Waals surface area contributed by atoms with Gasteiger partial charge >= 0.3 is 0 Å². The third-order valence-electron chi connectivity index (χ3n) is 3.39. The van der Waals surface area contributed by atoms with Gasteiger partial charge in [0.05, 0.1) is 24.0 Å². The largest absolute Gasteiger partial charge is 0.497 e. The molecule has 3 N–H and O–H groups in total. The van der Waals surface area contributed by atoms with Gasteiger partial charge in [-0.05, 0) is 53.6 Å². The van der Waals surface area contributed by atoms with Crippen LogP contribution in [0, 0.1) is 0 Å². The maximum atomic E-state index is 5.63. The van der Waals surface area contributed by atoms with Gasteiger partial charge in [-0.2, -0.15) is 11.3 Å². The van der Waals surface area contributed by atoms with Gasteiger partial charge in [0.25, 0.3) is 0 Å². The molecule has 0 saturated heterocycles. The van der Waals surface area contributed by atoms with Crippen molar-refractivity contribution < 1.29 is 4.74 Å². The van der Waals surface area contributed by atoms with Crippen LogP contribution in [0.4, 0.5) is 0 Å². The fourth-order valence-corrected chi connectivity index (χ4v) is 2.86. The van der Waals surface area contributed by atoms with Crippen molar-refractivity contribution in [2.75, 3.05) is 7.11 Å². The average molecular weight is 338 g/mol. The topological polar surface area (TPSA) is 76.3 Å². The monoisotopic (exact) mass is 338 g/mol. The lowest BCUT2D eigenvalue weighted by Crippen LogP contribution is -2.03. The molecule has 1 aromatic carbocycles. The molecule has 0 amide bonds. The van der Waals surface area contributed by atoms with E-state index < -0.39 is 0 Å². The van der Waals surface area contributed by atoms with Gasteiger partial charge in [0.15, 0.2) is 0 Å². The number of hydrogen-bond acceptors (Lipinski definition) is 4. The van der Waals surface area contributed by atoms with Gasteiger partial charge < -0.3 is 15.5 Å². The van der Waals surface area contributed by atoms with Crippen LogP contribution in [-0.4, -0.2) is 22.9 Å². The van der Waals surface area contributed by atoms with Crippen LogP contribution in [0.25, 0.3) is 22.7 Å². The lowest BCUT2D eigenvalue weighted by Gasteiger charge is -1.97. The molecule has 6 heteroatoms. The van der Waals surface area contributed by atoms with Gasteiger partial charge in [0.2, 0.25) is 0 Å². The fraction of sp³-hybridized carbons (Fsp3) is 0.111. The van der Waals surface area contributed by atoms with Crippen molar-refractivity contribution in [2.24, 2.45) is 10.7 Å². The van der Waals surface area contributed by atoms with Crippen LogP contribution in [0.2, 0.25) is 0 Å². The fourth-order valence-electron chi connectivity index (χ4n) is 2.20. The van der Waals surface area contributed by atoms with Crippen LogP contribution >= 0.6 is 11.3 Å². The minimum Gasteiger partial charge on any atom is -0.497 e. The van der Waals surface area contributed by atoms with Crippen molar-refractivity contribution in [3.05, 3.63) is 58.7 Å². The first-order valence-corrected chi connectivity index (χ1v) is 8.34. The number of H-pyrrole nitrogens is 1. The summed E-state index contributed by atoms with van der Waals surface area (Å²) < 4.78 is 5.23. The van der Waals surface area contributed by atoms with Crippen LogP contribution in [0.3, 0.4) is 0 Å². The maximum absolute atomic E-state index is 5.63. The van der Waals surface area contributed by atoms with Gasteiger partial charge in [-0.1, -0.05) is 0 Å². The maximum Gasteiger partial charge on any atom is 0.131 e. The average Bonchev–Trinajstić information content (AvgIpc) is 3.23. The van der Waals surface area contributed by atoms with Gasteiger partial charge in [0, 0.05) is 17.8 Å². The van der Waals surface area contributed by atoms with Gasteiger partial charge in [0.1, 0.15) is 11.6 Å². The van der Waals surface area contributed by atoms with Crippen molar-refractivity contribution >= 4 is 39.9 Å². The van der Waals surface area contributed by atoms with Crippen LogP contribution in [-0.2, 0) is 0 Å². The van der Waals surface area contributed by atoms with E-state index in [2.05, 4.69) is 20.3 Å². The summed E-state index contributed by atoms with van der Waals surface area (Å²) in [6.45, 7) is 1.76. The lowest BCUT2D eigenvalue weighted by molar-refractivity contribution is 0.415. The van der Waals surface area contributed by atoms with E-state index in [-0.39, 0.29) is 0 Å². The van der Waals surface area contributed by atoms with E-state index >= 15 is 0 Å². The Hall–Kier alpha value is -2.86. The molecule has 0 fully saturated rings. The zero-order valence-corrected chi connectivity index (χ0v) is 14.3.